The zero-order valence-electron chi connectivity index (χ0n) is 30.5. The average Bonchev–Trinajstić information content (AvgIpc) is 3.02. The van der Waals surface area contributed by atoms with Crippen LogP contribution in [0.5, 0.6) is 0 Å². The molecule has 0 saturated heterocycles. The number of amides is 2. The second-order valence-corrected chi connectivity index (χ2v) is 18.0. The lowest BCUT2D eigenvalue weighted by Crippen LogP contribution is -2.72. The number of carbonyl (C=O) groups excluding carboxylic acids is 2. The highest BCUT2D eigenvalue weighted by Gasteiger charge is 2.72. The molecule has 4 fully saturated rings. The van der Waals surface area contributed by atoms with Crippen molar-refractivity contribution < 1.29 is 30.0 Å². The number of nitrogens with one attached hydrogen (secondary N) is 2. The first kappa shape index (κ1) is 37.3. The monoisotopic (exact) mass is 668 g/mol. The molecule has 0 radical (unpaired) electrons. The summed E-state index contributed by atoms with van der Waals surface area (Å²) >= 11 is 0. The summed E-state index contributed by atoms with van der Waals surface area (Å²) in [5.41, 5.74) is -1.50. The molecule has 0 aromatic rings. The van der Waals surface area contributed by atoms with E-state index < -0.39 is 40.7 Å². The summed E-state index contributed by atoms with van der Waals surface area (Å²) in [6, 6.07) is 0. The van der Waals surface area contributed by atoms with E-state index >= 15 is 0 Å². The maximum absolute atomic E-state index is 12.9. The molecule has 8 nitrogen and oxygen atoms in total. The molecule has 3 unspecified atom stereocenters. The van der Waals surface area contributed by atoms with Crippen LogP contribution in [0.15, 0.2) is 37.0 Å². The molecular weight excluding hydrogens is 604 g/mol. The van der Waals surface area contributed by atoms with Gasteiger partial charge in [0.05, 0.1) is 24.4 Å². The third kappa shape index (κ3) is 5.47. The Kier molecular flexibility index (Phi) is 10.1. The molecule has 0 aliphatic heterocycles. The van der Waals surface area contributed by atoms with Crippen molar-refractivity contribution in [3.8, 4) is 0 Å². The summed E-state index contributed by atoms with van der Waals surface area (Å²) < 4.78 is 0. The molecule has 4 saturated carbocycles. The summed E-state index contributed by atoms with van der Waals surface area (Å²) in [5, 5.41) is 53.4. The Morgan fingerprint density at radius 3 is 2.02 bits per heavy atom. The van der Waals surface area contributed by atoms with E-state index in [-0.39, 0.29) is 52.9 Å². The average molecular weight is 669 g/mol. The molecule has 5 aliphatic carbocycles. The third-order valence-electron chi connectivity index (χ3n) is 15.3. The predicted molar refractivity (Wildman–Crippen MR) is 188 cm³/mol. The predicted octanol–water partition coefficient (Wildman–Crippen LogP) is 5.21. The van der Waals surface area contributed by atoms with Crippen molar-refractivity contribution in [1.29, 1.82) is 0 Å². The van der Waals surface area contributed by atoms with Gasteiger partial charge in [-0.15, -0.1) is 13.2 Å². The summed E-state index contributed by atoms with van der Waals surface area (Å²) in [7, 11) is 0. The SMILES string of the molecule is C=CCCC(=O)NC[C@@]12C(CC(C)(C)[C@@H](O)[C@@H]1O)C1=CCC3[C@@]4(C)CC[C@H](O)[C@](C)(CNC(=O)CCC=C)C4CC[C@@]3(C)[C@]1(C)C[C@H]2O. The topological polar surface area (TPSA) is 139 Å². The van der Waals surface area contributed by atoms with Crippen molar-refractivity contribution in [2.45, 2.75) is 137 Å². The maximum atomic E-state index is 12.9. The quantitative estimate of drug-likeness (QED) is 0.177. The number of hydrogen-bond donors (Lipinski definition) is 6. The van der Waals surface area contributed by atoms with Crippen LogP contribution in [0.1, 0.15) is 112 Å². The smallest absolute Gasteiger partial charge is 0.220 e. The van der Waals surface area contributed by atoms with Crippen LogP contribution in [0, 0.1) is 50.2 Å². The number of aliphatic hydroxyl groups excluding tert-OH is 4. The third-order valence-corrected chi connectivity index (χ3v) is 15.3. The van der Waals surface area contributed by atoms with Crippen LogP contribution in [0.25, 0.3) is 0 Å². The van der Waals surface area contributed by atoms with E-state index in [0.717, 1.165) is 25.7 Å². The summed E-state index contributed by atoms with van der Waals surface area (Å²) in [6.45, 7) is 21.3. The van der Waals surface area contributed by atoms with E-state index in [4.69, 9.17) is 0 Å². The molecule has 5 aliphatic rings. The molecule has 12 atom stereocenters. The van der Waals surface area contributed by atoms with E-state index in [0.29, 0.717) is 51.0 Å². The van der Waals surface area contributed by atoms with Crippen molar-refractivity contribution >= 4 is 11.8 Å². The zero-order valence-corrected chi connectivity index (χ0v) is 30.5. The molecule has 5 rings (SSSR count). The molecule has 270 valence electrons. The van der Waals surface area contributed by atoms with Gasteiger partial charge in [0.1, 0.15) is 0 Å². The fourth-order valence-electron chi connectivity index (χ4n) is 12.2. The Hall–Kier alpha value is -2.00. The lowest BCUT2D eigenvalue weighted by atomic mass is 9.33. The molecule has 0 aromatic heterocycles. The van der Waals surface area contributed by atoms with Crippen molar-refractivity contribution in [3.05, 3.63) is 37.0 Å². The molecule has 8 heteroatoms. The maximum Gasteiger partial charge on any atom is 0.220 e. The number of allylic oxidation sites excluding steroid dienone is 4. The van der Waals surface area contributed by atoms with Gasteiger partial charge in [-0.2, -0.15) is 0 Å². The molecule has 2 amide bonds. The van der Waals surface area contributed by atoms with Crippen LogP contribution >= 0.6 is 0 Å². The molecule has 0 aromatic carbocycles. The Labute approximate surface area is 288 Å². The van der Waals surface area contributed by atoms with E-state index in [1.807, 2.05) is 13.8 Å². The lowest BCUT2D eigenvalue weighted by molar-refractivity contribution is -0.248. The van der Waals surface area contributed by atoms with Gasteiger partial charge >= 0.3 is 0 Å². The van der Waals surface area contributed by atoms with Gasteiger partial charge in [0.25, 0.3) is 0 Å². The van der Waals surface area contributed by atoms with Crippen molar-refractivity contribution in [2.24, 2.45) is 50.2 Å². The number of aliphatic hydroxyl groups is 4. The van der Waals surface area contributed by atoms with Gasteiger partial charge in [0.15, 0.2) is 0 Å². The first-order valence-corrected chi connectivity index (χ1v) is 18.6. The summed E-state index contributed by atoms with van der Waals surface area (Å²) in [4.78, 5) is 25.5. The minimum Gasteiger partial charge on any atom is -0.392 e. The van der Waals surface area contributed by atoms with Crippen LogP contribution in [-0.2, 0) is 9.59 Å². The number of fused-ring (bicyclic) bond motifs is 7. The van der Waals surface area contributed by atoms with E-state index in [1.54, 1.807) is 12.2 Å². The number of hydrogen-bond acceptors (Lipinski definition) is 6. The molecule has 6 N–H and O–H groups in total. The fraction of sp³-hybridized carbons (Fsp3) is 0.800. The highest BCUT2D eigenvalue weighted by atomic mass is 16.3. The van der Waals surface area contributed by atoms with E-state index in [2.05, 4.69) is 57.6 Å². The highest BCUT2D eigenvalue weighted by Crippen LogP contribution is 2.75. The van der Waals surface area contributed by atoms with Crippen molar-refractivity contribution in [3.63, 3.8) is 0 Å². The van der Waals surface area contributed by atoms with Gasteiger partial charge < -0.3 is 31.1 Å². The van der Waals surface area contributed by atoms with Crippen molar-refractivity contribution in [1.82, 2.24) is 10.6 Å². The Balaban J connectivity index is 1.52. The van der Waals surface area contributed by atoms with Gasteiger partial charge in [-0.05, 0) is 97.2 Å². The van der Waals surface area contributed by atoms with Crippen LogP contribution < -0.4 is 10.6 Å². The fourth-order valence-corrected chi connectivity index (χ4v) is 12.2. The van der Waals surface area contributed by atoms with Crippen LogP contribution in [0.3, 0.4) is 0 Å². The molecule has 0 bridgehead atoms. The minimum absolute atomic E-state index is 0.00622. The first-order chi connectivity index (χ1) is 22.4. The normalized spacial score (nSPS) is 46.0. The zero-order chi connectivity index (χ0) is 35.5. The molecule has 0 heterocycles. The highest BCUT2D eigenvalue weighted by molar-refractivity contribution is 5.76. The van der Waals surface area contributed by atoms with Crippen LogP contribution in [0.2, 0.25) is 0 Å². The Bertz CT molecular complexity index is 1310. The molecular formula is C40H64N2O6. The summed E-state index contributed by atoms with van der Waals surface area (Å²) in [5.74, 6) is 0.144. The first-order valence-electron chi connectivity index (χ1n) is 18.6. The standard InChI is InChI=1S/C40H64N2O6/c1-9-11-13-31(45)41-23-37(6)27-17-20-38(7)28(36(27,5)19-18-29(37)43)16-15-25-26-21-35(3,4)33(47)34(48)40(26,30(44)22-39(25,38)8)24-42-32(46)14-12-10-2/h9-10,15,26-30,33-34,43-44,47-48H,1-2,11-14,16-24H2,3-8H3,(H,41,45)(H,42,46)/t26?,27?,28?,29-,30+,33-,34-,36-,37+,38+,39+,40-/m0/s1. The van der Waals surface area contributed by atoms with Gasteiger partial charge in [0.2, 0.25) is 11.8 Å². The van der Waals surface area contributed by atoms with Gasteiger partial charge in [0, 0.05) is 36.8 Å². The largest absolute Gasteiger partial charge is 0.392 e. The number of rotatable bonds is 10. The van der Waals surface area contributed by atoms with E-state index in [1.165, 1.54) is 5.57 Å². The number of carbonyl (C=O) groups is 2. The second kappa shape index (κ2) is 13.0. The van der Waals surface area contributed by atoms with Gasteiger partial charge in [-0.1, -0.05) is 65.3 Å². The second-order valence-electron chi connectivity index (χ2n) is 18.0. The van der Waals surface area contributed by atoms with Crippen molar-refractivity contribution in [2.75, 3.05) is 13.1 Å². The summed E-state index contributed by atoms with van der Waals surface area (Å²) in [6.07, 6.45) is 9.39. The van der Waals surface area contributed by atoms with E-state index in [9.17, 15) is 30.0 Å². The molecule has 0 spiro atoms. The lowest BCUT2D eigenvalue weighted by Gasteiger charge is -2.72. The Morgan fingerprint density at radius 2 is 1.42 bits per heavy atom. The molecule has 48 heavy (non-hydrogen) atoms. The van der Waals surface area contributed by atoms with Gasteiger partial charge in [-0.25, -0.2) is 0 Å². The minimum atomic E-state index is -1.20. The van der Waals surface area contributed by atoms with Crippen LogP contribution in [0.4, 0.5) is 0 Å². The van der Waals surface area contributed by atoms with Crippen LogP contribution in [-0.4, -0.2) is 69.7 Å². The van der Waals surface area contributed by atoms with Gasteiger partial charge in [-0.3, -0.25) is 9.59 Å². The Morgan fingerprint density at radius 1 is 0.812 bits per heavy atom.